The minimum atomic E-state index is -3.96. The molecule has 2 aromatic carbocycles. The Kier molecular flexibility index (Phi) is 9.27. The lowest BCUT2D eigenvalue weighted by Crippen LogP contribution is -2.54. The van der Waals surface area contributed by atoms with Crippen molar-refractivity contribution in [1.82, 2.24) is 14.5 Å². The number of nitrogens with one attached hydrogen (secondary N) is 1. The molecular weight excluding hydrogens is 520 g/mol. The lowest BCUT2D eigenvalue weighted by atomic mass is 10.1. The first-order valence-corrected chi connectivity index (χ1v) is 13.0. The average Bonchev–Trinajstić information content (AvgIpc) is 2.74. The lowest BCUT2D eigenvalue weighted by Gasteiger charge is -2.34. The zero-order valence-corrected chi connectivity index (χ0v) is 22.9. The second kappa shape index (κ2) is 11.3. The van der Waals surface area contributed by atoms with Crippen LogP contribution in [-0.4, -0.2) is 61.7 Å². The molecule has 8 nitrogen and oxygen atoms in total. The van der Waals surface area contributed by atoms with Crippen LogP contribution in [0.3, 0.4) is 0 Å². The molecule has 2 aromatic rings. The highest BCUT2D eigenvalue weighted by atomic mass is 79.9. The van der Waals surface area contributed by atoms with Crippen molar-refractivity contribution < 1.29 is 18.0 Å². The predicted molar refractivity (Wildman–Crippen MR) is 138 cm³/mol. The van der Waals surface area contributed by atoms with Crippen molar-refractivity contribution >= 4 is 43.6 Å². The number of anilines is 1. The highest BCUT2D eigenvalue weighted by Crippen LogP contribution is 2.21. The molecule has 0 aromatic heterocycles. The van der Waals surface area contributed by atoms with E-state index in [0.717, 1.165) is 18.6 Å². The number of carbonyl (C=O) groups excluding carboxylic acids is 2. The van der Waals surface area contributed by atoms with E-state index in [9.17, 15) is 18.0 Å². The minimum Gasteiger partial charge on any atom is -0.350 e. The largest absolute Gasteiger partial charge is 0.350 e. The van der Waals surface area contributed by atoms with E-state index in [2.05, 4.69) is 21.2 Å². The molecule has 34 heavy (non-hydrogen) atoms. The molecule has 0 spiro atoms. The Morgan fingerprint density at radius 2 is 1.65 bits per heavy atom. The number of para-hydroxylation sites is 1. The van der Waals surface area contributed by atoms with Crippen LogP contribution in [0, 0.1) is 0 Å². The van der Waals surface area contributed by atoms with Gasteiger partial charge in [0, 0.05) is 30.7 Å². The maximum atomic E-state index is 13.6. The summed E-state index contributed by atoms with van der Waals surface area (Å²) in [5.74, 6) is -0.816. The average molecular weight is 554 g/mol. The third kappa shape index (κ3) is 7.54. The van der Waals surface area contributed by atoms with E-state index < -0.39 is 34.2 Å². The first-order valence-electron chi connectivity index (χ1n) is 10.8. The van der Waals surface area contributed by atoms with Gasteiger partial charge in [0.05, 0.1) is 5.69 Å². The maximum Gasteiger partial charge on any atom is 0.304 e. The van der Waals surface area contributed by atoms with E-state index in [1.807, 2.05) is 45.0 Å². The fraction of sp³-hybridized carbons (Fsp3) is 0.417. The Labute approximate surface area is 211 Å². The van der Waals surface area contributed by atoms with Crippen molar-refractivity contribution in [2.45, 2.75) is 45.8 Å². The summed E-state index contributed by atoms with van der Waals surface area (Å²) in [4.78, 5) is 28.0. The summed E-state index contributed by atoms with van der Waals surface area (Å²) in [5.41, 5.74) is 0.679. The monoisotopic (exact) mass is 552 g/mol. The minimum absolute atomic E-state index is 0.141. The normalized spacial score (nSPS) is 12.8. The second-order valence-corrected chi connectivity index (χ2v) is 12.2. The summed E-state index contributed by atoms with van der Waals surface area (Å²) in [6, 6.07) is 15.0. The van der Waals surface area contributed by atoms with Crippen molar-refractivity contribution in [2.24, 2.45) is 0 Å². The van der Waals surface area contributed by atoms with Crippen LogP contribution in [0.2, 0.25) is 0 Å². The molecular formula is C24H33BrN4O4S. The van der Waals surface area contributed by atoms with E-state index in [4.69, 9.17) is 0 Å². The van der Waals surface area contributed by atoms with Gasteiger partial charge in [-0.3, -0.25) is 9.59 Å². The molecule has 2 rings (SSSR count). The zero-order chi connectivity index (χ0) is 25.7. The smallest absolute Gasteiger partial charge is 0.304 e. The summed E-state index contributed by atoms with van der Waals surface area (Å²) >= 11 is 3.43. The molecule has 2 amide bonds. The number of rotatable bonds is 9. The van der Waals surface area contributed by atoms with Crippen LogP contribution >= 0.6 is 15.9 Å². The van der Waals surface area contributed by atoms with Gasteiger partial charge in [0.2, 0.25) is 11.8 Å². The first-order chi connectivity index (χ1) is 15.7. The number of nitrogens with zero attached hydrogens (tertiary/aromatic N) is 3. The van der Waals surface area contributed by atoms with Crippen LogP contribution < -0.4 is 9.62 Å². The van der Waals surface area contributed by atoms with Crippen LogP contribution in [0.25, 0.3) is 0 Å². The molecule has 1 atom stereocenters. The molecule has 0 unspecified atom stereocenters. The summed E-state index contributed by atoms with van der Waals surface area (Å²) in [6.07, 6.45) is 0. The Morgan fingerprint density at radius 3 is 2.18 bits per heavy atom. The molecule has 0 aliphatic rings. The van der Waals surface area contributed by atoms with Crippen LogP contribution in [-0.2, 0) is 26.3 Å². The van der Waals surface area contributed by atoms with E-state index >= 15 is 0 Å². The fourth-order valence-corrected chi connectivity index (χ4v) is 4.70. The molecule has 0 heterocycles. The maximum absolute atomic E-state index is 13.6. The quantitative estimate of drug-likeness (QED) is 0.516. The van der Waals surface area contributed by atoms with Gasteiger partial charge < -0.3 is 10.2 Å². The summed E-state index contributed by atoms with van der Waals surface area (Å²) < 4.78 is 29.1. The molecule has 0 aliphatic carbocycles. The summed E-state index contributed by atoms with van der Waals surface area (Å²) in [5, 5.41) is 2.90. The standard InChI is InChI=1S/C24H33BrN4O4S/c1-18(23(31)26-24(2,3)4)28(16-19-11-10-12-20(25)15-19)22(30)17-29(34(32,33)27(5)6)21-13-8-7-9-14-21/h7-15,18H,16-17H2,1-6H3,(H,26,31)/t18-/m1/s1. The number of hydrogen-bond donors (Lipinski definition) is 1. The highest BCUT2D eigenvalue weighted by Gasteiger charge is 2.33. The van der Waals surface area contributed by atoms with E-state index in [-0.39, 0.29) is 12.5 Å². The van der Waals surface area contributed by atoms with E-state index in [0.29, 0.717) is 5.69 Å². The third-order valence-electron chi connectivity index (χ3n) is 4.97. The van der Waals surface area contributed by atoms with Crippen LogP contribution in [0.4, 0.5) is 5.69 Å². The molecule has 0 aliphatic heterocycles. The number of hydrogen-bond acceptors (Lipinski definition) is 4. The molecule has 0 fully saturated rings. The predicted octanol–water partition coefficient (Wildman–Crippen LogP) is 3.39. The Bertz CT molecular complexity index is 1100. The Hall–Kier alpha value is -2.43. The SMILES string of the molecule is C[C@H](C(=O)NC(C)(C)C)N(Cc1cccc(Br)c1)C(=O)CN(c1ccccc1)S(=O)(=O)N(C)C. The molecule has 0 radical (unpaired) electrons. The van der Waals surface area contributed by atoms with Crippen molar-refractivity contribution in [1.29, 1.82) is 0 Å². The Balaban J connectivity index is 2.44. The molecule has 0 bridgehead atoms. The van der Waals surface area contributed by atoms with Gasteiger partial charge in [-0.1, -0.05) is 46.3 Å². The van der Waals surface area contributed by atoms with Gasteiger partial charge in [-0.05, 0) is 57.5 Å². The van der Waals surface area contributed by atoms with Gasteiger partial charge in [-0.2, -0.15) is 12.7 Å². The topological polar surface area (TPSA) is 90.0 Å². The van der Waals surface area contributed by atoms with Crippen LogP contribution in [0.1, 0.15) is 33.3 Å². The van der Waals surface area contributed by atoms with Crippen molar-refractivity contribution in [3.63, 3.8) is 0 Å². The van der Waals surface area contributed by atoms with E-state index in [1.165, 1.54) is 19.0 Å². The van der Waals surface area contributed by atoms with Gasteiger partial charge in [0.25, 0.3) is 0 Å². The van der Waals surface area contributed by atoms with Crippen LogP contribution in [0.15, 0.2) is 59.1 Å². The molecule has 0 saturated heterocycles. The van der Waals surface area contributed by atoms with Gasteiger partial charge in [-0.15, -0.1) is 0 Å². The lowest BCUT2D eigenvalue weighted by molar-refractivity contribution is -0.140. The zero-order valence-electron chi connectivity index (χ0n) is 20.4. The molecule has 10 heteroatoms. The summed E-state index contributed by atoms with van der Waals surface area (Å²) in [6.45, 7) is 6.91. The van der Waals surface area contributed by atoms with Crippen molar-refractivity contribution in [3.8, 4) is 0 Å². The van der Waals surface area contributed by atoms with E-state index in [1.54, 1.807) is 37.3 Å². The van der Waals surface area contributed by atoms with Crippen molar-refractivity contribution in [3.05, 3.63) is 64.6 Å². The summed E-state index contributed by atoms with van der Waals surface area (Å²) in [7, 11) is -1.14. The highest BCUT2D eigenvalue weighted by molar-refractivity contribution is 9.10. The second-order valence-electron chi connectivity index (χ2n) is 9.20. The van der Waals surface area contributed by atoms with Gasteiger partial charge >= 0.3 is 10.2 Å². The van der Waals surface area contributed by atoms with Gasteiger partial charge in [0.1, 0.15) is 12.6 Å². The number of amides is 2. The van der Waals surface area contributed by atoms with Crippen LogP contribution in [0.5, 0.6) is 0 Å². The number of halogens is 1. The number of benzene rings is 2. The third-order valence-corrected chi connectivity index (χ3v) is 7.28. The van der Waals surface area contributed by atoms with Gasteiger partial charge in [0.15, 0.2) is 0 Å². The molecule has 1 N–H and O–H groups in total. The molecule has 186 valence electrons. The van der Waals surface area contributed by atoms with Crippen molar-refractivity contribution in [2.75, 3.05) is 24.9 Å². The number of carbonyl (C=O) groups is 2. The first kappa shape index (κ1) is 27.8. The Morgan fingerprint density at radius 1 is 1.03 bits per heavy atom. The van der Waals surface area contributed by atoms with Gasteiger partial charge in [-0.25, -0.2) is 4.31 Å². The fourth-order valence-electron chi connectivity index (χ4n) is 3.20. The molecule has 0 saturated carbocycles.